The molecule has 0 aliphatic heterocycles. The summed E-state index contributed by atoms with van der Waals surface area (Å²) in [7, 11) is 0. The number of aromatic nitrogens is 2. The number of carboxylic acids is 1. The van der Waals surface area contributed by atoms with Gasteiger partial charge in [0.05, 0.1) is 35.1 Å². The molecule has 5 heteroatoms. The third kappa shape index (κ3) is 2.10. The van der Waals surface area contributed by atoms with Crippen LogP contribution in [0.3, 0.4) is 0 Å². The Morgan fingerprint density at radius 1 is 1.32 bits per heavy atom. The molecule has 2 aromatic rings. The third-order valence-corrected chi connectivity index (χ3v) is 3.87. The van der Waals surface area contributed by atoms with Crippen molar-refractivity contribution in [1.82, 2.24) is 9.55 Å². The van der Waals surface area contributed by atoms with Gasteiger partial charge in [-0.15, -0.1) is 0 Å². The number of carbonyl (C=O) groups is 1. The van der Waals surface area contributed by atoms with Crippen LogP contribution in [0.1, 0.15) is 42.1 Å². The number of benzene rings is 1. The maximum absolute atomic E-state index is 10.9. The van der Waals surface area contributed by atoms with Crippen molar-refractivity contribution < 1.29 is 15.0 Å². The second kappa shape index (κ2) is 4.66. The van der Waals surface area contributed by atoms with E-state index in [2.05, 4.69) is 4.98 Å². The summed E-state index contributed by atoms with van der Waals surface area (Å²) in [6.45, 7) is 0. The highest BCUT2D eigenvalue weighted by Crippen LogP contribution is 2.31. The van der Waals surface area contributed by atoms with Gasteiger partial charge >= 0.3 is 5.97 Å². The summed E-state index contributed by atoms with van der Waals surface area (Å²) >= 11 is 0. The number of nitrogens with zero attached hydrogens (tertiary/aromatic N) is 2. The molecule has 0 saturated heterocycles. The Bertz CT molecular complexity index is 620. The van der Waals surface area contributed by atoms with Crippen molar-refractivity contribution >= 4 is 17.0 Å². The first-order valence-corrected chi connectivity index (χ1v) is 6.55. The number of aliphatic hydroxyl groups is 1. The van der Waals surface area contributed by atoms with Crippen molar-refractivity contribution in [1.29, 1.82) is 0 Å². The molecular formula is C14H16N2O3. The Morgan fingerprint density at radius 2 is 2.11 bits per heavy atom. The molecule has 1 heterocycles. The summed E-state index contributed by atoms with van der Waals surface area (Å²) in [5, 5.41) is 19.1. The molecule has 1 fully saturated rings. The van der Waals surface area contributed by atoms with Crippen LogP contribution in [0.15, 0.2) is 24.5 Å². The summed E-state index contributed by atoms with van der Waals surface area (Å²) in [6.07, 6.45) is 5.29. The van der Waals surface area contributed by atoms with E-state index in [1.165, 1.54) is 0 Å². The third-order valence-electron chi connectivity index (χ3n) is 3.87. The number of hydrogen-bond donors (Lipinski definition) is 2. The van der Waals surface area contributed by atoms with E-state index >= 15 is 0 Å². The van der Waals surface area contributed by atoms with Gasteiger partial charge in [0.25, 0.3) is 0 Å². The van der Waals surface area contributed by atoms with Crippen molar-refractivity contribution in [3.05, 3.63) is 30.1 Å². The molecule has 1 aliphatic rings. The van der Waals surface area contributed by atoms with Crippen molar-refractivity contribution in [3.63, 3.8) is 0 Å². The van der Waals surface area contributed by atoms with E-state index in [9.17, 15) is 9.90 Å². The minimum Gasteiger partial charge on any atom is -0.478 e. The van der Waals surface area contributed by atoms with Crippen LogP contribution in [-0.4, -0.2) is 31.8 Å². The minimum absolute atomic E-state index is 0.0504. The van der Waals surface area contributed by atoms with Crippen LogP contribution in [0.25, 0.3) is 11.0 Å². The van der Waals surface area contributed by atoms with Crippen LogP contribution in [0.4, 0.5) is 0 Å². The quantitative estimate of drug-likeness (QED) is 0.868. The SMILES string of the molecule is O=C(O)c1ccc2c(c1)ncn2C1CCCCC1O. The molecule has 1 aromatic heterocycles. The first-order chi connectivity index (χ1) is 9.16. The molecule has 1 aromatic carbocycles. The average Bonchev–Trinajstić information content (AvgIpc) is 2.82. The van der Waals surface area contributed by atoms with Gasteiger partial charge in [-0.1, -0.05) is 12.8 Å². The predicted molar refractivity (Wildman–Crippen MR) is 70.2 cm³/mol. The second-order valence-corrected chi connectivity index (χ2v) is 5.08. The van der Waals surface area contributed by atoms with Gasteiger partial charge in [-0.05, 0) is 31.0 Å². The maximum Gasteiger partial charge on any atom is 0.335 e. The Hall–Kier alpha value is -1.88. The lowest BCUT2D eigenvalue weighted by molar-refractivity contribution is 0.0696. The van der Waals surface area contributed by atoms with E-state index in [0.29, 0.717) is 5.52 Å². The van der Waals surface area contributed by atoms with Gasteiger partial charge in [0.15, 0.2) is 0 Å². The number of rotatable bonds is 2. The lowest BCUT2D eigenvalue weighted by atomic mass is 9.92. The first kappa shape index (κ1) is 12.2. The van der Waals surface area contributed by atoms with Crippen LogP contribution in [0.2, 0.25) is 0 Å². The monoisotopic (exact) mass is 260 g/mol. The van der Waals surface area contributed by atoms with Gasteiger partial charge < -0.3 is 14.8 Å². The van der Waals surface area contributed by atoms with E-state index in [1.807, 2.05) is 4.57 Å². The normalized spacial score (nSPS) is 23.6. The van der Waals surface area contributed by atoms with Gasteiger partial charge in [-0.2, -0.15) is 0 Å². The van der Waals surface area contributed by atoms with Crippen molar-refractivity contribution in [2.24, 2.45) is 0 Å². The van der Waals surface area contributed by atoms with Crippen molar-refractivity contribution in [2.75, 3.05) is 0 Å². The van der Waals surface area contributed by atoms with Crippen LogP contribution in [0, 0.1) is 0 Å². The second-order valence-electron chi connectivity index (χ2n) is 5.08. The van der Waals surface area contributed by atoms with E-state index < -0.39 is 5.97 Å². The van der Waals surface area contributed by atoms with Gasteiger partial charge in [0.1, 0.15) is 0 Å². The summed E-state index contributed by atoms with van der Waals surface area (Å²) in [6, 6.07) is 4.98. The molecule has 0 amide bonds. The standard InChI is InChI=1S/C14H16N2O3/c17-13-4-2-1-3-12(13)16-8-15-10-7-9(14(18)19)5-6-11(10)16/h5-8,12-13,17H,1-4H2,(H,18,19). The highest BCUT2D eigenvalue weighted by Gasteiger charge is 2.25. The molecule has 0 spiro atoms. The zero-order valence-electron chi connectivity index (χ0n) is 10.5. The fourth-order valence-corrected chi connectivity index (χ4v) is 2.85. The smallest absolute Gasteiger partial charge is 0.335 e. The number of hydrogen-bond acceptors (Lipinski definition) is 3. The fraction of sp³-hybridized carbons (Fsp3) is 0.429. The number of fused-ring (bicyclic) bond motifs is 1. The topological polar surface area (TPSA) is 75.3 Å². The van der Waals surface area contributed by atoms with Crippen LogP contribution < -0.4 is 0 Å². The number of aromatic carboxylic acids is 1. The molecule has 2 unspecified atom stereocenters. The molecule has 1 saturated carbocycles. The van der Waals surface area contributed by atoms with Crippen LogP contribution in [-0.2, 0) is 0 Å². The largest absolute Gasteiger partial charge is 0.478 e. The average molecular weight is 260 g/mol. The van der Waals surface area contributed by atoms with Gasteiger partial charge in [0, 0.05) is 0 Å². The Balaban J connectivity index is 2.03. The summed E-state index contributed by atoms with van der Waals surface area (Å²) in [4.78, 5) is 15.2. The highest BCUT2D eigenvalue weighted by molar-refractivity contribution is 5.92. The molecule has 2 atom stereocenters. The zero-order chi connectivity index (χ0) is 13.4. The number of aliphatic hydroxyl groups excluding tert-OH is 1. The lowest BCUT2D eigenvalue weighted by Crippen LogP contribution is -2.27. The maximum atomic E-state index is 10.9. The Kier molecular flexibility index (Phi) is 2.98. The van der Waals surface area contributed by atoms with E-state index in [1.54, 1.807) is 24.5 Å². The fourth-order valence-electron chi connectivity index (χ4n) is 2.85. The molecule has 0 bridgehead atoms. The van der Waals surface area contributed by atoms with Crippen molar-refractivity contribution in [2.45, 2.75) is 37.8 Å². The lowest BCUT2D eigenvalue weighted by Gasteiger charge is -2.29. The van der Waals surface area contributed by atoms with E-state index in [-0.39, 0.29) is 17.7 Å². The van der Waals surface area contributed by atoms with E-state index in [0.717, 1.165) is 31.2 Å². The summed E-state index contributed by atoms with van der Waals surface area (Å²) < 4.78 is 1.98. The molecule has 3 rings (SSSR count). The molecule has 5 nitrogen and oxygen atoms in total. The molecule has 0 radical (unpaired) electrons. The van der Waals surface area contributed by atoms with Gasteiger partial charge in [-0.25, -0.2) is 9.78 Å². The number of imidazole rings is 1. The zero-order valence-corrected chi connectivity index (χ0v) is 10.5. The van der Waals surface area contributed by atoms with Crippen LogP contribution in [0.5, 0.6) is 0 Å². The predicted octanol–water partition coefficient (Wildman–Crippen LogP) is 2.21. The Morgan fingerprint density at radius 3 is 2.84 bits per heavy atom. The molecule has 19 heavy (non-hydrogen) atoms. The molecule has 2 N–H and O–H groups in total. The summed E-state index contributed by atoms with van der Waals surface area (Å²) in [5.41, 5.74) is 1.79. The number of carboxylic acid groups (broad SMARTS) is 1. The summed E-state index contributed by atoms with van der Waals surface area (Å²) in [5.74, 6) is -0.950. The van der Waals surface area contributed by atoms with Crippen molar-refractivity contribution in [3.8, 4) is 0 Å². The first-order valence-electron chi connectivity index (χ1n) is 6.55. The molecule has 1 aliphatic carbocycles. The Labute approximate surface area is 110 Å². The molecule has 100 valence electrons. The molecular weight excluding hydrogens is 244 g/mol. The van der Waals surface area contributed by atoms with Gasteiger partial charge in [0.2, 0.25) is 0 Å². The van der Waals surface area contributed by atoms with Gasteiger partial charge in [-0.3, -0.25) is 0 Å². The van der Waals surface area contributed by atoms with Crippen LogP contribution >= 0.6 is 0 Å². The highest BCUT2D eigenvalue weighted by atomic mass is 16.4. The minimum atomic E-state index is -0.950. The van der Waals surface area contributed by atoms with E-state index in [4.69, 9.17) is 5.11 Å².